The molecule has 156 valence electrons. The molecule has 0 bridgehead atoms. The van der Waals surface area contributed by atoms with Crippen LogP contribution in [0.1, 0.15) is 61.8 Å². The molecule has 2 heterocycles. The van der Waals surface area contributed by atoms with E-state index in [2.05, 4.69) is 11.1 Å². The Balaban J connectivity index is 1.66. The number of benzene rings is 1. The Morgan fingerprint density at radius 2 is 2.07 bits per heavy atom. The SMILES string of the molecule is CCOC(=O)c1[nH]c2c(c1CCc1cccc(OC)c1)C(=O)C[C@@H](c1cccs1)C2. The number of aromatic amines is 1. The predicted octanol–water partition coefficient (Wildman–Crippen LogP) is 4.96. The van der Waals surface area contributed by atoms with Crippen molar-refractivity contribution in [1.29, 1.82) is 0 Å². The Labute approximate surface area is 180 Å². The molecule has 3 aromatic rings. The third-order valence-corrected chi connectivity index (χ3v) is 6.60. The van der Waals surface area contributed by atoms with Crippen LogP contribution in [0.4, 0.5) is 0 Å². The van der Waals surface area contributed by atoms with E-state index in [1.807, 2.05) is 35.7 Å². The summed E-state index contributed by atoms with van der Waals surface area (Å²) in [6.07, 6.45) is 2.49. The maximum atomic E-state index is 13.1. The first kappa shape index (κ1) is 20.4. The molecule has 0 saturated heterocycles. The molecule has 30 heavy (non-hydrogen) atoms. The van der Waals surface area contributed by atoms with Crippen LogP contribution in [0.15, 0.2) is 41.8 Å². The van der Waals surface area contributed by atoms with Crippen LogP contribution >= 0.6 is 11.3 Å². The number of rotatable bonds is 7. The topological polar surface area (TPSA) is 68.4 Å². The van der Waals surface area contributed by atoms with Gasteiger partial charge < -0.3 is 14.5 Å². The van der Waals surface area contributed by atoms with E-state index in [0.29, 0.717) is 37.1 Å². The Morgan fingerprint density at radius 1 is 1.20 bits per heavy atom. The largest absolute Gasteiger partial charge is 0.497 e. The summed E-state index contributed by atoms with van der Waals surface area (Å²) in [5.74, 6) is 0.657. The zero-order chi connectivity index (χ0) is 21.1. The molecule has 0 radical (unpaired) electrons. The highest BCUT2D eigenvalue weighted by Crippen LogP contribution is 2.37. The number of nitrogens with one attached hydrogen (secondary N) is 1. The summed E-state index contributed by atoms with van der Waals surface area (Å²) in [6, 6.07) is 12.0. The van der Waals surface area contributed by atoms with Gasteiger partial charge in [-0.05, 0) is 60.9 Å². The van der Waals surface area contributed by atoms with Crippen LogP contribution < -0.4 is 4.74 Å². The summed E-state index contributed by atoms with van der Waals surface area (Å²) in [5.41, 5.74) is 3.84. The molecule has 0 amide bonds. The number of ether oxygens (including phenoxy) is 2. The minimum atomic E-state index is -0.395. The van der Waals surface area contributed by atoms with Crippen LogP contribution in [0.5, 0.6) is 5.75 Å². The van der Waals surface area contributed by atoms with Crippen molar-refractivity contribution in [3.05, 3.63) is 74.7 Å². The van der Waals surface area contributed by atoms with E-state index < -0.39 is 5.97 Å². The van der Waals surface area contributed by atoms with Gasteiger partial charge in [0.15, 0.2) is 5.78 Å². The molecule has 0 fully saturated rings. The summed E-state index contributed by atoms with van der Waals surface area (Å²) < 4.78 is 10.6. The monoisotopic (exact) mass is 423 g/mol. The van der Waals surface area contributed by atoms with Crippen LogP contribution in [-0.4, -0.2) is 30.5 Å². The Bertz CT molecular complexity index is 1050. The number of fused-ring (bicyclic) bond motifs is 1. The number of carbonyl (C=O) groups excluding carboxylic acids is 2. The summed E-state index contributed by atoms with van der Waals surface area (Å²) >= 11 is 1.67. The molecule has 0 spiro atoms. The van der Waals surface area contributed by atoms with Crippen molar-refractivity contribution >= 4 is 23.1 Å². The van der Waals surface area contributed by atoms with Crippen LogP contribution in [-0.2, 0) is 24.0 Å². The fourth-order valence-electron chi connectivity index (χ4n) is 4.18. The van der Waals surface area contributed by atoms with Gasteiger partial charge >= 0.3 is 5.97 Å². The zero-order valence-electron chi connectivity index (χ0n) is 17.2. The van der Waals surface area contributed by atoms with Crippen molar-refractivity contribution in [2.45, 2.75) is 38.5 Å². The number of ketones is 1. The maximum absolute atomic E-state index is 13.1. The number of Topliss-reactive ketones (excluding diaryl/α,β-unsaturated/α-hetero) is 1. The fraction of sp³-hybridized carbons (Fsp3) is 0.333. The fourth-order valence-corrected chi connectivity index (χ4v) is 5.01. The Morgan fingerprint density at radius 3 is 2.80 bits per heavy atom. The summed E-state index contributed by atoms with van der Waals surface area (Å²) in [4.78, 5) is 30.2. The van der Waals surface area contributed by atoms with Crippen LogP contribution in [0, 0.1) is 0 Å². The number of methoxy groups -OCH3 is 1. The quantitative estimate of drug-likeness (QED) is 0.546. The minimum absolute atomic E-state index is 0.0992. The average Bonchev–Trinajstić information content (AvgIpc) is 3.41. The number of hydrogen-bond acceptors (Lipinski definition) is 5. The van der Waals surface area contributed by atoms with Gasteiger partial charge in [0, 0.05) is 28.5 Å². The van der Waals surface area contributed by atoms with E-state index in [1.54, 1.807) is 25.4 Å². The molecule has 1 atom stereocenters. The Hall–Kier alpha value is -2.86. The first-order valence-corrected chi connectivity index (χ1v) is 11.1. The van der Waals surface area contributed by atoms with E-state index in [0.717, 1.165) is 29.0 Å². The number of hydrogen-bond donors (Lipinski definition) is 1. The molecular formula is C24H25NO4S. The number of aromatic nitrogens is 1. The lowest BCUT2D eigenvalue weighted by Crippen LogP contribution is -2.18. The molecule has 1 aliphatic carbocycles. The minimum Gasteiger partial charge on any atom is -0.497 e. The van der Waals surface area contributed by atoms with Gasteiger partial charge in [-0.1, -0.05) is 18.2 Å². The van der Waals surface area contributed by atoms with Crippen LogP contribution in [0.25, 0.3) is 0 Å². The number of thiophene rings is 1. The first-order valence-electron chi connectivity index (χ1n) is 10.2. The molecule has 0 unspecified atom stereocenters. The lowest BCUT2D eigenvalue weighted by Gasteiger charge is -2.21. The van der Waals surface area contributed by atoms with Crippen molar-refractivity contribution < 1.29 is 19.1 Å². The van der Waals surface area contributed by atoms with E-state index in [4.69, 9.17) is 9.47 Å². The average molecular weight is 424 g/mol. The van der Waals surface area contributed by atoms with Crippen LogP contribution in [0.2, 0.25) is 0 Å². The third kappa shape index (κ3) is 4.05. The summed E-state index contributed by atoms with van der Waals surface area (Å²) in [5, 5.41) is 2.04. The van der Waals surface area contributed by atoms with Crippen molar-refractivity contribution in [3.8, 4) is 5.75 Å². The second-order valence-electron chi connectivity index (χ2n) is 7.45. The maximum Gasteiger partial charge on any atom is 0.355 e. The normalized spacial score (nSPS) is 15.7. The first-order chi connectivity index (χ1) is 14.6. The number of carbonyl (C=O) groups is 2. The van der Waals surface area contributed by atoms with Gasteiger partial charge in [-0.15, -0.1) is 11.3 Å². The van der Waals surface area contributed by atoms with Gasteiger partial charge in [-0.2, -0.15) is 0 Å². The van der Waals surface area contributed by atoms with E-state index in [9.17, 15) is 9.59 Å². The molecule has 1 aromatic carbocycles. The molecule has 1 N–H and O–H groups in total. The predicted molar refractivity (Wildman–Crippen MR) is 117 cm³/mol. The number of aryl methyl sites for hydroxylation is 1. The zero-order valence-corrected chi connectivity index (χ0v) is 18.0. The van der Waals surface area contributed by atoms with Crippen molar-refractivity contribution in [2.75, 3.05) is 13.7 Å². The smallest absolute Gasteiger partial charge is 0.355 e. The van der Waals surface area contributed by atoms with Gasteiger partial charge in [0.25, 0.3) is 0 Å². The third-order valence-electron chi connectivity index (χ3n) is 5.57. The van der Waals surface area contributed by atoms with E-state index in [-0.39, 0.29) is 11.7 Å². The Kier molecular flexibility index (Phi) is 6.04. The highest BCUT2D eigenvalue weighted by atomic mass is 32.1. The number of esters is 1. The molecule has 0 saturated carbocycles. The highest BCUT2D eigenvalue weighted by molar-refractivity contribution is 7.10. The van der Waals surface area contributed by atoms with Gasteiger partial charge in [0.05, 0.1) is 13.7 Å². The lowest BCUT2D eigenvalue weighted by atomic mass is 9.83. The summed E-state index contributed by atoms with van der Waals surface area (Å²) in [7, 11) is 1.64. The van der Waals surface area contributed by atoms with Crippen molar-refractivity contribution in [1.82, 2.24) is 4.98 Å². The molecule has 2 aromatic heterocycles. The van der Waals surface area contributed by atoms with Crippen LogP contribution in [0.3, 0.4) is 0 Å². The molecule has 0 aliphatic heterocycles. The van der Waals surface area contributed by atoms with Gasteiger partial charge in [-0.3, -0.25) is 4.79 Å². The highest BCUT2D eigenvalue weighted by Gasteiger charge is 2.33. The second-order valence-corrected chi connectivity index (χ2v) is 8.43. The molecule has 1 aliphatic rings. The van der Waals surface area contributed by atoms with Crippen molar-refractivity contribution in [2.24, 2.45) is 0 Å². The number of H-pyrrole nitrogens is 1. The molecule has 4 rings (SSSR count). The second kappa shape index (κ2) is 8.88. The molecular weight excluding hydrogens is 398 g/mol. The molecule has 6 heteroatoms. The van der Waals surface area contributed by atoms with E-state index >= 15 is 0 Å². The van der Waals surface area contributed by atoms with Crippen molar-refractivity contribution in [3.63, 3.8) is 0 Å². The lowest BCUT2D eigenvalue weighted by molar-refractivity contribution is 0.0518. The standard InChI is InChI=1S/C24H25NO4S/c1-3-29-24(27)23-18(10-9-15-6-4-7-17(12-15)28-2)22-19(25-23)13-16(14-20(22)26)21-8-5-11-30-21/h4-8,11-12,16,25H,3,9-10,13-14H2,1-2H3/t16-/m0/s1. The van der Waals surface area contributed by atoms with Gasteiger partial charge in [0.1, 0.15) is 11.4 Å². The van der Waals surface area contributed by atoms with Gasteiger partial charge in [-0.25, -0.2) is 4.79 Å². The van der Waals surface area contributed by atoms with E-state index in [1.165, 1.54) is 4.88 Å². The van der Waals surface area contributed by atoms with Gasteiger partial charge in [0.2, 0.25) is 0 Å². The molecule has 5 nitrogen and oxygen atoms in total. The summed E-state index contributed by atoms with van der Waals surface area (Å²) in [6.45, 7) is 2.08.